The average Bonchev–Trinajstić information content (AvgIpc) is 2.47. The van der Waals surface area contributed by atoms with Crippen molar-refractivity contribution in [2.75, 3.05) is 25.0 Å². The smallest absolute Gasteiger partial charge is 0.252 e. The summed E-state index contributed by atoms with van der Waals surface area (Å²) < 4.78 is 0.830. The number of carbonyl (C=O) groups is 1. The molecule has 0 bridgehead atoms. The van der Waals surface area contributed by atoms with Crippen molar-refractivity contribution in [1.82, 2.24) is 5.32 Å². The van der Waals surface area contributed by atoms with Crippen LogP contribution in [0.2, 0.25) is 0 Å². The molecule has 2 aromatic rings. The highest BCUT2D eigenvalue weighted by atomic mass is 79.9. The third-order valence-corrected chi connectivity index (χ3v) is 3.96. The Labute approximate surface area is 134 Å². The van der Waals surface area contributed by atoms with E-state index in [9.17, 15) is 4.79 Å². The number of amides is 1. The van der Waals surface area contributed by atoms with E-state index in [0.29, 0.717) is 12.1 Å². The SMILES string of the molecule is Cc1ccc(C(=O)NCCN(C)c2ccccc2)c(Br)c1. The Morgan fingerprint density at radius 1 is 1.19 bits per heavy atom. The number of hydrogen-bond acceptors (Lipinski definition) is 2. The van der Waals surface area contributed by atoms with Gasteiger partial charge in [0.25, 0.3) is 5.91 Å². The number of rotatable bonds is 5. The molecule has 21 heavy (non-hydrogen) atoms. The maximum Gasteiger partial charge on any atom is 0.252 e. The first kappa shape index (κ1) is 15.6. The van der Waals surface area contributed by atoms with Crippen molar-refractivity contribution in [1.29, 1.82) is 0 Å². The Morgan fingerprint density at radius 2 is 1.90 bits per heavy atom. The van der Waals surface area contributed by atoms with E-state index in [4.69, 9.17) is 0 Å². The van der Waals surface area contributed by atoms with Crippen molar-refractivity contribution in [2.45, 2.75) is 6.92 Å². The molecule has 2 aromatic carbocycles. The number of likely N-dealkylation sites (N-methyl/N-ethyl adjacent to an activating group) is 1. The van der Waals surface area contributed by atoms with E-state index < -0.39 is 0 Å². The molecule has 110 valence electrons. The van der Waals surface area contributed by atoms with Crippen molar-refractivity contribution in [2.24, 2.45) is 0 Å². The first-order chi connectivity index (χ1) is 10.1. The predicted octanol–water partition coefficient (Wildman–Crippen LogP) is 3.62. The first-order valence-electron chi connectivity index (χ1n) is 6.88. The van der Waals surface area contributed by atoms with E-state index in [1.807, 2.05) is 50.4 Å². The van der Waals surface area contributed by atoms with E-state index >= 15 is 0 Å². The third kappa shape index (κ3) is 4.33. The zero-order chi connectivity index (χ0) is 15.2. The molecule has 1 amide bonds. The largest absolute Gasteiger partial charge is 0.373 e. The van der Waals surface area contributed by atoms with Gasteiger partial charge >= 0.3 is 0 Å². The molecule has 0 aromatic heterocycles. The standard InChI is InChI=1S/C17H19BrN2O/c1-13-8-9-15(16(18)12-13)17(21)19-10-11-20(2)14-6-4-3-5-7-14/h3-9,12H,10-11H2,1-2H3,(H,19,21). The van der Waals surface area contributed by atoms with Crippen LogP contribution >= 0.6 is 15.9 Å². The van der Waals surface area contributed by atoms with Gasteiger partial charge in [0.2, 0.25) is 0 Å². The molecule has 4 heteroatoms. The van der Waals surface area contributed by atoms with E-state index in [2.05, 4.69) is 38.3 Å². The van der Waals surface area contributed by atoms with Crippen LogP contribution in [0.1, 0.15) is 15.9 Å². The highest BCUT2D eigenvalue weighted by Gasteiger charge is 2.09. The summed E-state index contributed by atoms with van der Waals surface area (Å²) in [5.74, 6) is -0.0525. The Hall–Kier alpha value is -1.81. The highest BCUT2D eigenvalue weighted by Crippen LogP contribution is 2.18. The average molecular weight is 347 g/mol. The number of para-hydroxylation sites is 1. The summed E-state index contributed by atoms with van der Waals surface area (Å²) in [6, 6.07) is 15.9. The summed E-state index contributed by atoms with van der Waals surface area (Å²) >= 11 is 3.43. The predicted molar refractivity (Wildman–Crippen MR) is 90.9 cm³/mol. The number of nitrogens with zero attached hydrogens (tertiary/aromatic N) is 1. The second kappa shape index (κ2) is 7.27. The van der Waals surface area contributed by atoms with Crippen molar-refractivity contribution in [3.63, 3.8) is 0 Å². The quantitative estimate of drug-likeness (QED) is 0.896. The molecular weight excluding hydrogens is 328 g/mol. The third-order valence-electron chi connectivity index (χ3n) is 3.30. The van der Waals surface area contributed by atoms with Gasteiger partial charge in [-0.15, -0.1) is 0 Å². The number of aryl methyl sites for hydroxylation is 1. The van der Waals surface area contributed by atoms with Crippen LogP contribution in [0.15, 0.2) is 53.0 Å². The zero-order valence-corrected chi connectivity index (χ0v) is 13.9. The van der Waals surface area contributed by atoms with Gasteiger partial charge in [0, 0.05) is 30.3 Å². The van der Waals surface area contributed by atoms with Crippen molar-refractivity contribution in [3.8, 4) is 0 Å². The topological polar surface area (TPSA) is 32.3 Å². The molecule has 0 aliphatic heterocycles. The molecule has 1 N–H and O–H groups in total. The van der Waals surface area contributed by atoms with Gasteiger partial charge in [-0.2, -0.15) is 0 Å². The van der Waals surface area contributed by atoms with Crippen LogP contribution in [0, 0.1) is 6.92 Å². The lowest BCUT2D eigenvalue weighted by atomic mass is 10.1. The number of carbonyl (C=O) groups excluding carboxylic acids is 1. The van der Waals surface area contributed by atoms with E-state index in [1.165, 1.54) is 0 Å². The van der Waals surface area contributed by atoms with Crippen LogP contribution in [-0.4, -0.2) is 26.0 Å². The first-order valence-corrected chi connectivity index (χ1v) is 7.68. The van der Waals surface area contributed by atoms with Crippen LogP contribution in [0.25, 0.3) is 0 Å². The minimum absolute atomic E-state index is 0.0525. The zero-order valence-electron chi connectivity index (χ0n) is 12.3. The number of benzene rings is 2. The van der Waals surface area contributed by atoms with Crippen molar-refractivity contribution >= 4 is 27.5 Å². The van der Waals surface area contributed by atoms with Gasteiger partial charge in [-0.3, -0.25) is 4.79 Å². The summed E-state index contributed by atoms with van der Waals surface area (Å²) in [7, 11) is 2.02. The van der Waals surface area contributed by atoms with Crippen LogP contribution in [0.5, 0.6) is 0 Å². The number of hydrogen-bond donors (Lipinski definition) is 1. The van der Waals surface area contributed by atoms with Crippen LogP contribution in [0.4, 0.5) is 5.69 Å². The van der Waals surface area contributed by atoms with Crippen molar-refractivity contribution in [3.05, 3.63) is 64.1 Å². The minimum Gasteiger partial charge on any atom is -0.373 e. The second-order valence-electron chi connectivity index (χ2n) is 5.00. The lowest BCUT2D eigenvalue weighted by Crippen LogP contribution is -2.33. The Bertz CT molecular complexity index is 613. The van der Waals surface area contributed by atoms with Gasteiger partial charge in [-0.05, 0) is 52.7 Å². The van der Waals surface area contributed by atoms with E-state index in [1.54, 1.807) is 0 Å². The fourth-order valence-corrected chi connectivity index (χ4v) is 2.72. The van der Waals surface area contributed by atoms with Gasteiger partial charge in [0.15, 0.2) is 0 Å². The second-order valence-corrected chi connectivity index (χ2v) is 5.85. The van der Waals surface area contributed by atoms with Gasteiger partial charge in [0.05, 0.1) is 5.56 Å². The molecule has 0 saturated carbocycles. The molecule has 0 unspecified atom stereocenters. The Morgan fingerprint density at radius 3 is 2.57 bits per heavy atom. The molecular formula is C17H19BrN2O. The van der Waals surface area contributed by atoms with Crippen molar-refractivity contribution < 1.29 is 4.79 Å². The molecule has 0 heterocycles. The summed E-state index contributed by atoms with van der Waals surface area (Å²) in [4.78, 5) is 14.3. The monoisotopic (exact) mass is 346 g/mol. The van der Waals surface area contributed by atoms with Gasteiger partial charge in [0.1, 0.15) is 0 Å². The van der Waals surface area contributed by atoms with Gasteiger partial charge < -0.3 is 10.2 Å². The van der Waals surface area contributed by atoms with Crippen LogP contribution in [0.3, 0.4) is 0 Å². The highest BCUT2D eigenvalue weighted by molar-refractivity contribution is 9.10. The molecule has 3 nitrogen and oxygen atoms in total. The molecule has 0 aliphatic carbocycles. The fourth-order valence-electron chi connectivity index (χ4n) is 2.05. The molecule has 0 spiro atoms. The minimum atomic E-state index is -0.0525. The summed E-state index contributed by atoms with van der Waals surface area (Å²) in [5, 5.41) is 2.95. The summed E-state index contributed by atoms with van der Waals surface area (Å²) in [6.07, 6.45) is 0. The molecule has 0 radical (unpaired) electrons. The summed E-state index contributed by atoms with van der Waals surface area (Å²) in [5.41, 5.74) is 2.94. The lowest BCUT2D eigenvalue weighted by Gasteiger charge is -2.19. The van der Waals surface area contributed by atoms with E-state index in [-0.39, 0.29) is 5.91 Å². The summed E-state index contributed by atoms with van der Waals surface area (Å²) in [6.45, 7) is 3.37. The molecule has 0 fully saturated rings. The maximum atomic E-state index is 12.1. The maximum absolute atomic E-state index is 12.1. The number of anilines is 1. The van der Waals surface area contributed by atoms with Crippen LogP contribution in [-0.2, 0) is 0 Å². The van der Waals surface area contributed by atoms with E-state index in [0.717, 1.165) is 22.3 Å². The molecule has 0 aliphatic rings. The molecule has 0 atom stereocenters. The normalized spacial score (nSPS) is 10.2. The van der Waals surface area contributed by atoms with Gasteiger partial charge in [-0.25, -0.2) is 0 Å². The number of halogens is 1. The molecule has 0 saturated heterocycles. The molecule has 2 rings (SSSR count). The van der Waals surface area contributed by atoms with Crippen LogP contribution < -0.4 is 10.2 Å². The Balaban J connectivity index is 1.87. The Kier molecular flexibility index (Phi) is 5.39. The van der Waals surface area contributed by atoms with Gasteiger partial charge in [-0.1, -0.05) is 24.3 Å². The fraction of sp³-hybridized carbons (Fsp3) is 0.235. The lowest BCUT2D eigenvalue weighted by molar-refractivity contribution is 0.0954. The number of nitrogens with one attached hydrogen (secondary N) is 1.